The summed E-state index contributed by atoms with van der Waals surface area (Å²) in [4.78, 5) is 28.9. The number of rotatable bonds is 8. The number of carboxylic acid groups (broad SMARTS) is 1. The van der Waals surface area contributed by atoms with Crippen molar-refractivity contribution in [3.05, 3.63) is 125 Å². The summed E-state index contributed by atoms with van der Waals surface area (Å²) < 4.78 is 9.12. The smallest absolute Gasteiger partial charge is 0.434 e. The third-order valence-corrected chi connectivity index (χ3v) is 6.75. The molecular weight excluding hydrogens is 492 g/mol. The lowest BCUT2D eigenvalue weighted by molar-refractivity contribution is 0.0919. The Labute approximate surface area is 225 Å². The molecule has 0 unspecified atom stereocenters. The molecule has 2 amide bonds. The lowest BCUT2D eigenvalue weighted by Gasteiger charge is -2.21. The molecule has 0 bridgehead atoms. The summed E-state index contributed by atoms with van der Waals surface area (Å²) in [7, 11) is 0. The molecule has 39 heavy (non-hydrogen) atoms. The Morgan fingerprint density at radius 2 is 1.51 bits per heavy atom. The number of imidazole rings is 1. The molecule has 0 saturated carbocycles. The highest BCUT2D eigenvalue weighted by Crippen LogP contribution is 2.22. The maximum atomic E-state index is 12.8. The number of carbonyl (C=O) groups is 2. The number of para-hydroxylation sites is 2. The van der Waals surface area contributed by atoms with Crippen LogP contribution >= 0.6 is 0 Å². The van der Waals surface area contributed by atoms with Gasteiger partial charge in [0.25, 0.3) is 5.91 Å². The van der Waals surface area contributed by atoms with Crippen molar-refractivity contribution in [1.29, 1.82) is 0 Å². The number of amides is 2. The normalized spacial score (nSPS) is 12.5. The zero-order valence-corrected chi connectivity index (χ0v) is 21.9. The minimum atomic E-state index is -1.29. The highest BCUT2D eigenvalue weighted by Gasteiger charge is 2.22. The Balaban J connectivity index is 1.64. The van der Waals surface area contributed by atoms with Gasteiger partial charge < -0.3 is 24.0 Å². The van der Waals surface area contributed by atoms with Crippen LogP contribution in [0.25, 0.3) is 11.0 Å². The van der Waals surface area contributed by atoms with E-state index in [9.17, 15) is 14.7 Å². The van der Waals surface area contributed by atoms with Crippen molar-refractivity contribution in [1.82, 2.24) is 14.5 Å². The molecule has 1 atom stereocenters. The zero-order valence-electron chi connectivity index (χ0n) is 21.9. The van der Waals surface area contributed by atoms with Crippen molar-refractivity contribution in [3.8, 4) is 0 Å². The number of nitrogens with one attached hydrogen (secondary N) is 1. The molecule has 8 nitrogen and oxygen atoms in total. The quantitative estimate of drug-likeness (QED) is 0.281. The molecule has 5 rings (SSSR count). The van der Waals surface area contributed by atoms with E-state index in [1.54, 1.807) is 12.1 Å². The topological polar surface area (TPSA) is 102 Å². The van der Waals surface area contributed by atoms with Gasteiger partial charge in [-0.25, -0.2) is 4.79 Å². The highest BCUT2D eigenvalue weighted by atomic mass is 16.4. The van der Waals surface area contributed by atoms with E-state index in [0.29, 0.717) is 18.6 Å². The zero-order chi connectivity index (χ0) is 27.4. The molecular formula is C31H30N4O4. The third kappa shape index (κ3) is 5.85. The van der Waals surface area contributed by atoms with Crippen molar-refractivity contribution < 1.29 is 19.1 Å². The Kier molecular flexibility index (Phi) is 7.45. The lowest BCUT2D eigenvalue weighted by atomic mass is 10.0. The second-order valence-corrected chi connectivity index (χ2v) is 9.66. The summed E-state index contributed by atoms with van der Waals surface area (Å²) in [6, 6.07) is 27.0. The molecule has 2 N–H and O–H groups in total. The second kappa shape index (κ2) is 11.3. The summed E-state index contributed by atoms with van der Waals surface area (Å²) >= 11 is 0. The second-order valence-electron chi connectivity index (χ2n) is 9.66. The van der Waals surface area contributed by atoms with Gasteiger partial charge in [0.1, 0.15) is 0 Å². The summed E-state index contributed by atoms with van der Waals surface area (Å²) in [5.41, 5.74) is 6.35. The van der Waals surface area contributed by atoms with Crippen LogP contribution in [0.5, 0.6) is 0 Å². The number of carbonyl (C=O) groups excluding carboxylic acids is 1. The highest BCUT2D eigenvalue weighted by molar-refractivity contribution is 5.91. The van der Waals surface area contributed by atoms with Crippen LogP contribution in [0.15, 0.2) is 101 Å². The van der Waals surface area contributed by atoms with Gasteiger partial charge in [0.2, 0.25) is 5.62 Å². The van der Waals surface area contributed by atoms with E-state index in [4.69, 9.17) is 4.42 Å². The fourth-order valence-corrected chi connectivity index (χ4v) is 4.79. The Hall–Kier alpha value is -4.85. The predicted octanol–water partition coefficient (Wildman–Crippen LogP) is 5.49. The molecule has 2 aromatic heterocycles. The van der Waals surface area contributed by atoms with Crippen LogP contribution in [0, 0.1) is 13.8 Å². The first-order chi connectivity index (χ1) is 18.9. The minimum Gasteiger partial charge on any atom is -0.463 e. The van der Waals surface area contributed by atoms with E-state index in [0.717, 1.165) is 33.3 Å². The predicted molar refractivity (Wildman–Crippen MR) is 149 cm³/mol. The average molecular weight is 523 g/mol. The third-order valence-electron chi connectivity index (χ3n) is 6.75. The van der Waals surface area contributed by atoms with Gasteiger partial charge >= 0.3 is 6.09 Å². The van der Waals surface area contributed by atoms with Crippen molar-refractivity contribution in [2.45, 2.75) is 32.9 Å². The van der Waals surface area contributed by atoms with Gasteiger partial charge in [0.05, 0.1) is 29.9 Å². The van der Waals surface area contributed by atoms with E-state index < -0.39 is 6.09 Å². The fourth-order valence-electron chi connectivity index (χ4n) is 4.79. The van der Waals surface area contributed by atoms with Crippen LogP contribution < -0.4 is 10.9 Å². The Bertz CT molecular complexity index is 1660. The van der Waals surface area contributed by atoms with Crippen LogP contribution in [0.4, 0.5) is 4.79 Å². The number of furan rings is 1. The number of aryl methyl sites for hydroxylation is 2. The molecule has 0 spiro atoms. The molecule has 2 heterocycles. The first-order valence-electron chi connectivity index (χ1n) is 12.8. The molecule has 0 aliphatic carbocycles. The minimum absolute atomic E-state index is 0.214. The number of hydrogen-bond donors (Lipinski definition) is 2. The first-order valence-corrected chi connectivity index (χ1v) is 12.8. The largest absolute Gasteiger partial charge is 0.463 e. The van der Waals surface area contributed by atoms with Crippen molar-refractivity contribution in [3.63, 3.8) is 0 Å². The number of aromatic nitrogens is 2. The molecule has 0 saturated heterocycles. The molecule has 0 radical (unpaired) electrons. The number of hydrogen-bond acceptors (Lipinski definition) is 3. The van der Waals surface area contributed by atoms with Crippen molar-refractivity contribution in [2.75, 3.05) is 6.54 Å². The molecule has 0 aliphatic heterocycles. The van der Waals surface area contributed by atoms with Crippen LogP contribution in [-0.2, 0) is 13.0 Å². The Morgan fingerprint density at radius 1 is 0.872 bits per heavy atom. The maximum absolute atomic E-state index is 12.8. The summed E-state index contributed by atoms with van der Waals surface area (Å²) in [5, 5.41) is 12.8. The van der Waals surface area contributed by atoms with Gasteiger partial charge in [-0.2, -0.15) is 0 Å². The fraction of sp³-hybridized carbons (Fsp3) is 0.194. The molecule has 5 aromatic rings. The van der Waals surface area contributed by atoms with E-state index in [1.165, 1.54) is 6.26 Å². The lowest BCUT2D eigenvalue weighted by Crippen LogP contribution is -2.37. The summed E-state index contributed by atoms with van der Waals surface area (Å²) in [6.07, 6.45) is 0.713. The van der Waals surface area contributed by atoms with E-state index in [-0.39, 0.29) is 24.3 Å². The van der Waals surface area contributed by atoms with Gasteiger partial charge in [-0.15, -0.1) is 4.99 Å². The van der Waals surface area contributed by atoms with Crippen LogP contribution in [0.1, 0.15) is 38.9 Å². The Morgan fingerprint density at radius 3 is 2.13 bits per heavy atom. The van der Waals surface area contributed by atoms with E-state index >= 15 is 0 Å². The van der Waals surface area contributed by atoms with Gasteiger partial charge in [-0.05, 0) is 55.7 Å². The molecule has 8 heteroatoms. The molecule has 198 valence electrons. The van der Waals surface area contributed by atoms with Gasteiger partial charge in [0.15, 0.2) is 5.76 Å². The number of nitrogens with zero attached hydrogens (tertiary/aromatic N) is 3. The maximum Gasteiger partial charge on any atom is 0.434 e. The van der Waals surface area contributed by atoms with Crippen molar-refractivity contribution >= 4 is 23.0 Å². The van der Waals surface area contributed by atoms with E-state index in [2.05, 4.69) is 22.4 Å². The van der Waals surface area contributed by atoms with Crippen molar-refractivity contribution in [2.24, 2.45) is 4.99 Å². The average Bonchev–Trinajstić information content (AvgIpc) is 3.56. The molecule has 0 aliphatic rings. The van der Waals surface area contributed by atoms with E-state index in [1.807, 2.05) is 83.6 Å². The SMILES string of the molecule is Cc1ccc(C[C@@H](CNC(=O)c2ccco2)n2c(=NC(=O)O)n(Cc3ccc(C)cc3)c3ccccc32)cc1. The molecule has 3 aromatic carbocycles. The standard InChI is InChI=1S/C31H30N4O4/c1-21-9-13-23(14-10-21)18-25(19-32-29(36)28-8-5-17-39-28)35-27-7-4-3-6-26(27)34(30(35)33-31(37)38)20-24-15-11-22(2)12-16-24/h3-17,25H,18-20H2,1-2H3,(H,32,36)(H,37,38)/t25-/m0/s1. The van der Waals surface area contributed by atoms with Crippen LogP contribution in [-0.4, -0.2) is 32.8 Å². The summed E-state index contributed by atoms with van der Waals surface area (Å²) in [5.74, 6) is -0.124. The van der Waals surface area contributed by atoms with Crippen LogP contribution in [0.3, 0.4) is 0 Å². The number of benzene rings is 3. The van der Waals surface area contributed by atoms with Crippen LogP contribution in [0.2, 0.25) is 0 Å². The monoisotopic (exact) mass is 522 g/mol. The molecule has 0 fully saturated rings. The van der Waals surface area contributed by atoms with Gasteiger partial charge in [-0.1, -0.05) is 71.8 Å². The number of fused-ring (bicyclic) bond motifs is 1. The first kappa shape index (κ1) is 25.8. The summed E-state index contributed by atoms with van der Waals surface area (Å²) in [6.45, 7) is 4.73. The van der Waals surface area contributed by atoms with Gasteiger partial charge in [-0.3, -0.25) is 4.79 Å². The van der Waals surface area contributed by atoms with Gasteiger partial charge in [0, 0.05) is 6.54 Å².